The van der Waals surface area contributed by atoms with Gasteiger partial charge in [-0.1, -0.05) is 120 Å². The summed E-state index contributed by atoms with van der Waals surface area (Å²) >= 11 is 1.54. The molecule has 0 aliphatic heterocycles. The van der Waals surface area contributed by atoms with Gasteiger partial charge in [0, 0.05) is 12.2 Å². The number of hydrogen-bond donors (Lipinski definition) is 2. The van der Waals surface area contributed by atoms with Crippen LogP contribution >= 0.6 is 11.8 Å². The summed E-state index contributed by atoms with van der Waals surface area (Å²) in [6.45, 7) is 12.6. The van der Waals surface area contributed by atoms with E-state index in [0.717, 1.165) is 50.5 Å². The average molecular weight is 673 g/mol. The van der Waals surface area contributed by atoms with Crippen LogP contribution in [0.3, 0.4) is 0 Å². The quantitative estimate of drug-likeness (QED) is 0.137. The number of phenolic OH excluding ortho intramolecular Hbond substituents is 2. The van der Waals surface area contributed by atoms with Gasteiger partial charge in [-0.2, -0.15) is 4.68 Å². The molecule has 0 unspecified atom stereocenters. The highest BCUT2D eigenvalue weighted by molar-refractivity contribution is 7.98. The number of phenols is 2. The molecule has 0 saturated carbocycles. The standard InChI is InChI=1S/C37H41BN8O2S/c1-36(2,3)30-19-24(22-38-34-39-41-43-45(34)28-13-9-7-10-14-28)17-26(32(30)47)21-27-18-25(20-31(33(27)48)37(4,5)6)23-49-35-40-42-44-46(35)29-15-11-8-12-16-29/h7-20,38,47-48H,21-23H2,1-6H3. The minimum atomic E-state index is -0.311. The first kappa shape index (κ1) is 33.9. The second kappa shape index (κ2) is 13.9. The summed E-state index contributed by atoms with van der Waals surface area (Å²) in [5.74, 6) is 1.10. The first-order valence-corrected chi connectivity index (χ1v) is 17.4. The van der Waals surface area contributed by atoms with Crippen molar-refractivity contribution < 1.29 is 10.2 Å². The fourth-order valence-corrected chi connectivity index (χ4v) is 6.72. The van der Waals surface area contributed by atoms with Crippen molar-refractivity contribution in [3.63, 3.8) is 0 Å². The molecular weight excluding hydrogens is 631 g/mol. The summed E-state index contributed by atoms with van der Waals surface area (Å²) in [7, 11) is 0.615. The van der Waals surface area contributed by atoms with Crippen LogP contribution in [0.25, 0.3) is 11.4 Å². The summed E-state index contributed by atoms with van der Waals surface area (Å²) in [5.41, 5.74) is 7.26. The Labute approximate surface area is 291 Å². The highest BCUT2D eigenvalue weighted by atomic mass is 32.2. The van der Waals surface area contributed by atoms with Crippen LogP contribution in [0.15, 0.2) is 90.1 Å². The van der Waals surface area contributed by atoms with Gasteiger partial charge in [0.2, 0.25) is 12.4 Å². The molecule has 2 aromatic heterocycles. The van der Waals surface area contributed by atoms with Crippen molar-refractivity contribution in [2.24, 2.45) is 0 Å². The van der Waals surface area contributed by atoms with Crippen LogP contribution in [0.1, 0.15) is 74.9 Å². The van der Waals surface area contributed by atoms with Crippen LogP contribution in [0.2, 0.25) is 0 Å². The monoisotopic (exact) mass is 672 g/mol. The number of aromatic hydroxyl groups is 2. The molecule has 0 spiro atoms. The molecule has 0 fully saturated rings. The molecule has 0 bridgehead atoms. The molecule has 250 valence electrons. The fraction of sp³-hybridized carbons (Fsp3) is 0.297. The zero-order chi connectivity index (χ0) is 34.8. The Morgan fingerprint density at radius 2 is 1.16 bits per heavy atom. The second-order valence-corrected chi connectivity index (χ2v) is 15.3. The van der Waals surface area contributed by atoms with Crippen LogP contribution in [-0.4, -0.2) is 57.9 Å². The van der Waals surface area contributed by atoms with E-state index in [0.29, 0.717) is 30.9 Å². The van der Waals surface area contributed by atoms with Gasteiger partial charge in [-0.05, 0) is 90.1 Å². The molecule has 0 aliphatic carbocycles. The Hall–Kier alpha value is -4.97. The van der Waals surface area contributed by atoms with Crippen molar-refractivity contribution in [1.82, 2.24) is 40.4 Å². The molecule has 2 heterocycles. The predicted octanol–water partition coefficient (Wildman–Crippen LogP) is 5.79. The van der Waals surface area contributed by atoms with Gasteiger partial charge in [-0.25, -0.2) is 4.68 Å². The maximum Gasteiger partial charge on any atom is 0.214 e. The molecule has 10 nitrogen and oxygen atoms in total. The summed E-state index contributed by atoms with van der Waals surface area (Å²) in [6, 6.07) is 27.9. The molecule has 0 aliphatic rings. The molecule has 6 aromatic rings. The zero-order valence-electron chi connectivity index (χ0n) is 28.8. The van der Waals surface area contributed by atoms with Crippen LogP contribution in [-0.2, 0) is 29.3 Å². The molecule has 0 atom stereocenters. The number of nitrogens with zero attached hydrogens (tertiary/aromatic N) is 8. The smallest absolute Gasteiger partial charge is 0.214 e. The van der Waals surface area contributed by atoms with Crippen molar-refractivity contribution in [2.45, 2.75) is 76.0 Å². The van der Waals surface area contributed by atoms with E-state index in [-0.39, 0.29) is 22.3 Å². The average Bonchev–Trinajstić information content (AvgIpc) is 3.75. The van der Waals surface area contributed by atoms with Crippen LogP contribution in [0, 0.1) is 0 Å². The van der Waals surface area contributed by atoms with E-state index in [1.807, 2.05) is 72.8 Å². The van der Waals surface area contributed by atoms with E-state index in [1.54, 1.807) is 9.36 Å². The Balaban J connectivity index is 1.31. The zero-order valence-corrected chi connectivity index (χ0v) is 29.6. The fourth-order valence-electron chi connectivity index (χ4n) is 5.90. The van der Waals surface area contributed by atoms with Crippen molar-refractivity contribution in [3.05, 3.63) is 118 Å². The van der Waals surface area contributed by atoms with E-state index in [4.69, 9.17) is 0 Å². The molecule has 0 radical (unpaired) electrons. The van der Waals surface area contributed by atoms with Gasteiger partial charge in [-0.3, -0.25) is 0 Å². The van der Waals surface area contributed by atoms with E-state index in [2.05, 4.69) is 84.7 Å². The molecule has 0 saturated heterocycles. The molecule has 49 heavy (non-hydrogen) atoms. The third kappa shape index (κ3) is 7.70. The van der Waals surface area contributed by atoms with Crippen molar-refractivity contribution in [2.75, 3.05) is 0 Å². The SMILES string of the molecule is CC(C)(C)c1cc(CBc2nnnn2-c2ccccc2)cc(Cc2cc(CSc3nnnn3-c3ccccc3)cc(C(C)(C)C)c2O)c1O. The van der Waals surface area contributed by atoms with Gasteiger partial charge in [0.1, 0.15) is 17.2 Å². The van der Waals surface area contributed by atoms with Gasteiger partial charge >= 0.3 is 0 Å². The van der Waals surface area contributed by atoms with Crippen LogP contribution < -0.4 is 5.72 Å². The number of rotatable bonds is 10. The third-order valence-electron chi connectivity index (χ3n) is 8.48. The normalized spacial score (nSPS) is 12.0. The Morgan fingerprint density at radius 3 is 1.76 bits per heavy atom. The van der Waals surface area contributed by atoms with Gasteiger partial charge in [0.05, 0.1) is 11.4 Å². The Kier molecular flexibility index (Phi) is 9.60. The molecule has 2 N–H and O–H groups in total. The molecule has 6 rings (SSSR count). The number of hydrogen-bond acceptors (Lipinski definition) is 9. The van der Waals surface area contributed by atoms with E-state index < -0.39 is 0 Å². The summed E-state index contributed by atoms with van der Waals surface area (Å²) in [6.07, 6.45) is 1.04. The largest absolute Gasteiger partial charge is 0.507 e. The highest BCUT2D eigenvalue weighted by Crippen LogP contribution is 2.40. The van der Waals surface area contributed by atoms with Gasteiger partial charge < -0.3 is 10.2 Å². The van der Waals surface area contributed by atoms with Crippen molar-refractivity contribution >= 4 is 24.8 Å². The second-order valence-electron chi connectivity index (χ2n) is 14.3. The minimum Gasteiger partial charge on any atom is -0.507 e. The minimum absolute atomic E-state index is 0.250. The number of para-hydroxylation sites is 2. The lowest BCUT2D eigenvalue weighted by molar-refractivity contribution is 0.435. The Morgan fingerprint density at radius 1 is 0.653 bits per heavy atom. The molecular formula is C37H41BN8O2S. The predicted molar refractivity (Wildman–Crippen MR) is 195 cm³/mol. The summed E-state index contributed by atoms with van der Waals surface area (Å²) in [4.78, 5) is 0. The van der Waals surface area contributed by atoms with E-state index in [1.165, 1.54) is 11.8 Å². The maximum absolute atomic E-state index is 11.7. The van der Waals surface area contributed by atoms with E-state index in [9.17, 15) is 10.2 Å². The van der Waals surface area contributed by atoms with Crippen LogP contribution in [0.4, 0.5) is 0 Å². The van der Waals surface area contributed by atoms with Crippen LogP contribution in [0.5, 0.6) is 11.5 Å². The number of benzene rings is 4. The summed E-state index contributed by atoms with van der Waals surface area (Å²) < 4.78 is 3.49. The Bertz CT molecular complexity index is 1900. The number of tetrazole rings is 2. The van der Waals surface area contributed by atoms with Gasteiger partial charge in [0.25, 0.3) is 0 Å². The van der Waals surface area contributed by atoms with E-state index >= 15 is 0 Å². The lowest BCUT2D eigenvalue weighted by Crippen LogP contribution is -2.28. The van der Waals surface area contributed by atoms with Crippen molar-refractivity contribution in [3.8, 4) is 22.9 Å². The molecule has 12 heteroatoms. The first-order valence-electron chi connectivity index (χ1n) is 16.4. The summed E-state index contributed by atoms with van der Waals surface area (Å²) in [5, 5.41) is 48.8. The highest BCUT2D eigenvalue weighted by Gasteiger charge is 2.25. The van der Waals surface area contributed by atoms with Gasteiger partial charge in [-0.15, -0.1) is 10.2 Å². The third-order valence-corrected chi connectivity index (χ3v) is 9.47. The molecule has 4 aromatic carbocycles. The molecule has 0 amide bonds. The lowest BCUT2D eigenvalue weighted by atomic mass is 9.69. The first-order chi connectivity index (χ1) is 23.4. The van der Waals surface area contributed by atoms with Gasteiger partial charge in [0.15, 0.2) is 0 Å². The topological polar surface area (TPSA) is 128 Å². The van der Waals surface area contributed by atoms with Crippen molar-refractivity contribution in [1.29, 1.82) is 0 Å². The maximum atomic E-state index is 11.7. The number of aromatic nitrogens is 8. The lowest BCUT2D eigenvalue weighted by Gasteiger charge is -2.25. The number of thioether (sulfide) groups is 1.